The summed E-state index contributed by atoms with van der Waals surface area (Å²) in [5.74, 6) is 0. The Kier molecular flexibility index (Phi) is 5.46. The number of hydrogen-bond acceptors (Lipinski definition) is 2. The third-order valence-corrected chi connectivity index (χ3v) is 4.49. The lowest BCUT2D eigenvalue weighted by molar-refractivity contribution is 0.585. The molecule has 0 radical (unpaired) electrons. The van der Waals surface area contributed by atoms with E-state index in [1.165, 1.54) is 3.57 Å². The Morgan fingerprint density at radius 3 is 2.75 bits per heavy atom. The molecule has 1 aromatic heterocycles. The molecule has 2 aromatic rings. The second kappa shape index (κ2) is 6.91. The normalized spacial score (nSPS) is 12.7. The summed E-state index contributed by atoms with van der Waals surface area (Å²) in [5, 5.41) is 5.31. The first-order chi connectivity index (χ1) is 9.56. The zero-order valence-electron chi connectivity index (χ0n) is 11.7. The van der Waals surface area contributed by atoms with Crippen molar-refractivity contribution in [1.82, 2.24) is 9.78 Å². The molecule has 0 aliphatic rings. The SMILES string of the molecule is CCc1nn(CC)c(CC(N)c2cccc(I)c2)c1Cl. The van der Waals surface area contributed by atoms with Crippen molar-refractivity contribution >= 4 is 34.2 Å². The second-order valence-corrected chi connectivity index (χ2v) is 6.37. The number of rotatable bonds is 5. The summed E-state index contributed by atoms with van der Waals surface area (Å²) in [7, 11) is 0. The Bertz CT molecular complexity index is 595. The maximum atomic E-state index is 6.43. The van der Waals surface area contributed by atoms with Gasteiger partial charge in [0.15, 0.2) is 0 Å². The van der Waals surface area contributed by atoms with Crippen molar-refractivity contribution in [3.05, 3.63) is 49.8 Å². The van der Waals surface area contributed by atoms with Gasteiger partial charge in [0.05, 0.1) is 16.4 Å². The molecule has 0 amide bonds. The third-order valence-electron chi connectivity index (χ3n) is 3.38. The Morgan fingerprint density at radius 2 is 2.15 bits per heavy atom. The summed E-state index contributed by atoms with van der Waals surface area (Å²) < 4.78 is 3.16. The van der Waals surface area contributed by atoms with Gasteiger partial charge in [0, 0.05) is 22.6 Å². The van der Waals surface area contributed by atoms with Crippen LogP contribution in [0.25, 0.3) is 0 Å². The lowest BCUT2D eigenvalue weighted by Crippen LogP contribution is -2.16. The molecule has 108 valence electrons. The molecule has 0 saturated carbocycles. The van der Waals surface area contributed by atoms with E-state index in [2.05, 4.69) is 59.7 Å². The summed E-state index contributed by atoms with van der Waals surface area (Å²) in [6, 6.07) is 8.22. The van der Waals surface area contributed by atoms with E-state index >= 15 is 0 Å². The number of nitrogens with zero attached hydrogens (tertiary/aromatic N) is 2. The van der Waals surface area contributed by atoms with Gasteiger partial charge in [-0.2, -0.15) is 5.10 Å². The van der Waals surface area contributed by atoms with Gasteiger partial charge in [-0.25, -0.2) is 0 Å². The molecule has 0 fully saturated rings. The fourth-order valence-corrected chi connectivity index (χ4v) is 3.19. The van der Waals surface area contributed by atoms with Crippen LogP contribution < -0.4 is 5.73 Å². The number of nitrogens with two attached hydrogens (primary N) is 1. The van der Waals surface area contributed by atoms with E-state index in [0.717, 1.165) is 34.9 Å². The molecule has 0 aliphatic carbocycles. The maximum Gasteiger partial charge on any atom is 0.0850 e. The van der Waals surface area contributed by atoms with E-state index in [4.69, 9.17) is 17.3 Å². The van der Waals surface area contributed by atoms with E-state index in [9.17, 15) is 0 Å². The topological polar surface area (TPSA) is 43.8 Å². The van der Waals surface area contributed by atoms with Crippen LogP contribution >= 0.6 is 34.2 Å². The minimum absolute atomic E-state index is 0.0612. The smallest absolute Gasteiger partial charge is 0.0850 e. The van der Waals surface area contributed by atoms with Crippen molar-refractivity contribution in [2.24, 2.45) is 5.73 Å². The van der Waals surface area contributed by atoms with Gasteiger partial charge in [0.25, 0.3) is 0 Å². The number of halogens is 2. The van der Waals surface area contributed by atoms with Crippen LogP contribution in [0.1, 0.15) is 36.8 Å². The Labute approximate surface area is 138 Å². The van der Waals surface area contributed by atoms with Crippen LogP contribution in [0.5, 0.6) is 0 Å². The first kappa shape index (κ1) is 15.8. The molecule has 0 aliphatic heterocycles. The highest BCUT2D eigenvalue weighted by Gasteiger charge is 2.17. The van der Waals surface area contributed by atoms with Crippen molar-refractivity contribution < 1.29 is 0 Å². The zero-order chi connectivity index (χ0) is 14.7. The number of aryl methyl sites for hydroxylation is 2. The lowest BCUT2D eigenvalue weighted by Gasteiger charge is -2.14. The minimum atomic E-state index is -0.0612. The van der Waals surface area contributed by atoms with E-state index in [-0.39, 0.29) is 6.04 Å². The molecular formula is C15H19ClIN3. The van der Waals surface area contributed by atoms with Gasteiger partial charge >= 0.3 is 0 Å². The van der Waals surface area contributed by atoms with Crippen LogP contribution in [0.15, 0.2) is 24.3 Å². The van der Waals surface area contributed by atoms with Crippen LogP contribution in [0.2, 0.25) is 5.02 Å². The van der Waals surface area contributed by atoms with Crippen molar-refractivity contribution in [2.75, 3.05) is 0 Å². The molecule has 1 aromatic carbocycles. The molecule has 1 atom stereocenters. The van der Waals surface area contributed by atoms with Gasteiger partial charge < -0.3 is 5.73 Å². The molecule has 5 heteroatoms. The minimum Gasteiger partial charge on any atom is -0.324 e. The fraction of sp³-hybridized carbons (Fsp3) is 0.400. The summed E-state index contributed by atoms with van der Waals surface area (Å²) in [5.41, 5.74) is 9.47. The highest BCUT2D eigenvalue weighted by molar-refractivity contribution is 14.1. The summed E-state index contributed by atoms with van der Waals surface area (Å²) >= 11 is 8.73. The van der Waals surface area contributed by atoms with Gasteiger partial charge in [-0.1, -0.05) is 30.7 Å². The molecule has 1 heterocycles. The quantitative estimate of drug-likeness (QED) is 0.768. The van der Waals surface area contributed by atoms with Crippen LogP contribution in [0.3, 0.4) is 0 Å². The summed E-state index contributed by atoms with van der Waals surface area (Å²) in [6.45, 7) is 4.95. The van der Waals surface area contributed by atoms with Crippen molar-refractivity contribution in [3.63, 3.8) is 0 Å². The van der Waals surface area contributed by atoms with Gasteiger partial charge in [0.1, 0.15) is 0 Å². The molecule has 2 rings (SSSR count). The van der Waals surface area contributed by atoms with Gasteiger partial charge in [-0.05, 0) is 53.6 Å². The van der Waals surface area contributed by atoms with Gasteiger partial charge in [0.2, 0.25) is 0 Å². The number of aromatic nitrogens is 2. The first-order valence-corrected chi connectivity index (χ1v) is 8.27. The van der Waals surface area contributed by atoms with E-state index < -0.39 is 0 Å². The molecule has 0 spiro atoms. The van der Waals surface area contributed by atoms with Gasteiger partial charge in [-0.3, -0.25) is 4.68 Å². The Hall–Kier alpha value is -0.590. The predicted octanol–water partition coefficient (Wildman–Crippen LogP) is 3.97. The summed E-state index contributed by atoms with van der Waals surface area (Å²) in [6.07, 6.45) is 1.55. The van der Waals surface area contributed by atoms with E-state index in [1.807, 2.05) is 10.7 Å². The molecule has 2 N–H and O–H groups in total. The van der Waals surface area contributed by atoms with Crippen molar-refractivity contribution in [3.8, 4) is 0 Å². The molecule has 0 bridgehead atoms. The van der Waals surface area contributed by atoms with Crippen molar-refractivity contribution in [1.29, 1.82) is 0 Å². The molecular weight excluding hydrogens is 385 g/mol. The second-order valence-electron chi connectivity index (χ2n) is 4.74. The maximum absolute atomic E-state index is 6.43. The molecule has 3 nitrogen and oxygen atoms in total. The standard InChI is InChI=1S/C15H19ClIN3/c1-3-13-15(16)14(20(4-2)19-13)9-12(18)10-6-5-7-11(17)8-10/h5-8,12H,3-4,9,18H2,1-2H3. The Balaban J connectivity index is 2.27. The average Bonchev–Trinajstić information content (AvgIpc) is 2.75. The molecule has 20 heavy (non-hydrogen) atoms. The number of benzene rings is 1. The average molecular weight is 404 g/mol. The van der Waals surface area contributed by atoms with Crippen LogP contribution in [-0.4, -0.2) is 9.78 Å². The van der Waals surface area contributed by atoms with Crippen LogP contribution in [-0.2, 0) is 19.4 Å². The van der Waals surface area contributed by atoms with Crippen LogP contribution in [0.4, 0.5) is 0 Å². The van der Waals surface area contributed by atoms with Crippen molar-refractivity contribution in [2.45, 2.75) is 39.3 Å². The zero-order valence-corrected chi connectivity index (χ0v) is 14.6. The van der Waals surface area contributed by atoms with Gasteiger partial charge in [-0.15, -0.1) is 0 Å². The Morgan fingerprint density at radius 1 is 1.40 bits per heavy atom. The highest BCUT2D eigenvalue weighted by atomic mass is 127. The third kappa shape index (κ3) is 3.35. The van der Waals surface area contributed by atoms with Crippen LogP contribution in [0, 0.1) is 3.57 Å². The summed E-state index contributed by atoms with van der Waals surface area (Å²) in [4.78, 5) is 0. The monoisotopic (exact) mass is 403 g/mol. The highest BCUT2D eigenvalue weighted by Crippen LogP contribution is 2.26. The fourth-order valence-electron chi connectivity index (χ4n) is 2.28. The number of hydrogen-bond donors (Lipinski definition) is 1. The predicted molar refractivity (Wildman–Crippen MR) is 92.1 cm³/mol. The molecule has 1 unspecified atom stereocenters. The van der Waals surface area contributed by atoms with E-state index in [1.54, 1.807) is 0 Å². The van der Waals surface area contributed by atoms with E-state index in [0.29, 0.717) is 6.42 Å². The first-order valence-electron chi connectivity index (χ1n) is 6.81. The largest absolute Gasteiger partial charge is 0.324 e. The molecule has 0 saturated heterocycles. The lowest BCUT2D eigenvalue weighted by atomic mass is 10.0.